The first kappa shape index (κ1) is 21.7. The molecular formula is C24H26O6. The van der Waals surface area contributed by atoms with E-state index in [1.165, 1.54) is 0 Å². The fraction of sp³-hybridized carbons (Fsp3) is 0.333. The van der Waals surface area contributed by atoms with Gasteiger partial charge in [0.1, 0.15) is 35.6 Å². The van der Waals surface area contributed by atoms with Crippen molar-refractivity contribution in [2.24, 2.45) is 0 Å². The van der Waals surface area contributed by atoms with Crippen LogP contribution in [-0.4, -0.2) is 34.6 Å². The van der Waals surface area contributed by atoms with Crippen LogP contribution < -0.4 is 14.2 Å². The van der Waals surface area contributed by atoms with Crippen molar-refractivity contribution in [3.05, 3.63) is 58.7 Å². The molecule has 158 valence electrons. The zero-order valence-corrected chi connectivity index (χ0v) is 17.3. The minimum atomic E-state index is -1.05. The monoisotopic (exact) mass is 410 g/mol. The van der Waals surface area contributed by atoms with Gasteiger partial charge < -0.3 is 29.5 Å². The van der Waals surface area contributed by atoms with Crippen LogP contribution in [0.5, 0.6) is 17.2 Å². The lowest BCUT2D eigenvalue weighted by Gasteiger charge is -2.29. The Morgan fingerprint density at radius 2 is 1.87 bits per heavy atom. The summed E-state index contributed by atoms with van der Waals surface area (Å²) in [5.74, 6) is 7.31. The molecule has 0 spiro atoms. The summed E-state index contributed by atoms with van der Waals surface area (Å²) in [5.41, 5.74) is 2.16. The Balaban J connectivity index is 1.72. The lowest BCUT2D eigenvalue weighted by atomic mass is 9.97. The topological polar surface area (TPSA) is 88.4 Å². The fourth-order valence-electron chi connectivity index (χ4n) is 3.22. The average molecular weight is 410 g/mol. The van der Waals surface area contributed by atoms with Gasteiger partial charge in [-0.1, -0.05) is 17.9 Å². The van der Waals surface area contributed by atoms with E-state index >= 15 is 0 Å². The summed E-state index contributed by atoms with van der Waals surface area (Å²) in [6.07, 6.45) is 2.82. The molecule has 0 amide bonds. The van der Waals surface area contributed by atoms with Crippen LogP contribution in [0, 0.1) is 11.8 Å². The molecule has 30 heavy (non-hydrogen) atoms. The van der Waals surface area contributed by atoms with E-state index in [1.54, 1.807) is 37.4 Å². The number of aliphatic hydroxyl groups excluding tert-OH is 3. The highest BCUT2D eigenvalue weighted by Gasteiger charge is 2.26. The van der Waals surface area contributed by atoms with Crippen LogP contribution in [0.25, 0.3) is 6.08 Å². The molecule has 6 heteroatoms. The molecule has 0 fully saturated rings. The molecule has 3 N–H and O–H groups in total. The van der Waals surface area contributed by atoms with Crippen molar-refractivity contribution < 1.29 is 29.5 Å². The fourth-order valence-corrected chi connectivity index (χ4v) is 3.22. The van der Waals surface area contributed by atoms with E-state index in [1.807, 2.05) is 26.0 Å². The van der Waals surface area contributed by atoms with Crippen molar-refractivity contribution in [1.29, 1.82) is 0 Å². The van der Waals surface area contributed by atoms with Gasteiger partial charge in [0.25, 0.3) is 0 Å². The van der Waals surface area contributed by atoms with Crippen molar-refractivity contribution in [3.63, 3.8) is 0 Å². The van der Waals surface area contributed by atoms with Gasteiger partial charge >= 0.3 is 0 Å². The van der Waals surface area contributed by atoms with Crippen molar-refractivity contribution in [3.8, 4) is 29.1 Å². The van der Waals surface area contributed by atoms with E-state index in [4.69, 9.17) is 14.2 Å². The van der Waals surface area contributed by atoms with Crippen LogP contribution in [0.2, 0.25) is 0 Å². The molecule has 1 heterocycles. The molecule has 1 unspecified atom stereocenters. The molecule has 0 saturated carbocycles. The summed E-state index contributed by atoms with van der Waals surface area (Å²) in [7, 11) is 1.55. The van der Waals surface area contributed by atoms with Gasteiger partial charge in [0.2, 0.25) is 0 Å². The predicted octanol–water partition coefficient (Wildman–Crippen LogP) is 2.98. The third kappa shape index (κ3) is 4.77. The third-order valence-electron chi connectivity index (χ3n) is 4.78. The van der Waals surface area contributed by atoms with E-state index in [9.17, 15) is 15.3 Å². The van der Waals surface area contributed by atoms with Crippen molar-refractivity contribution in [2.75, 3.05) is 13.7 Å². The molecule has 1 atom stereocenters. The van der Waals surface area contributed by atoms with Gasteiger partial charge in [-0.15, -0.1) is 0 Å². The van der Waals surface area contributed by atoms with E-state index in [2.05, 4.69) is 11.8 Å². The molecule has 0 aliphatic carbocycles. The first-order valence-electron chi connectivity index (χ1n) is 9.60. The number of benzene rings is 2. The maximum Gasteiger partial charge on any atom is 0.149 e. The molecule has 1 aliphatic rings. The maximum absolute atomic E-state index is 10.5. The molecule has 0 aromatic heterocycles. The first-order valence-corrected chi connectivity index (χ1v) is 9.60. The highest BCUT2D eigenvalue weighted by Crippen LogP contribution is 2.40. The summed E-state index contributed by atoms with van der Waals surface area (Å²) in [4.78, 5) is 0. The number of rotatable bonds is 6. The Labute approximate surface area is 176 Å². The van der Waals surface area contributed by atoms with Gasteiger partial charge in [0.05, 0.1) is 25.9 Å². The minimum absolute atomic E-state index is 0.0604. The summed E-state index contributed by atoms with van der Waals surface area (Å²) in [5, 5.41) is 29.1. The Hall–Kier alpha value is -2.98. The second-order valence-electron chi connectivity index (χ2n) is 7.40. The van der Waals surface area contributed by atoms with Crippen LogP contribution in [-0.2, 0) is 13.2 Å². The first-order chi connectivity index (χ1) is 14.4. The number of hydrogen-bond donors (Lipinski definition) is 3. The summed E-state index contributed by atoms with van der Waals surface area (Å²) >= 11 is 0. The molecule has 2 aromatic carbocycles. The molecule has 0 radical (unpaired) electrons. The number of hydrogen-bond acceptors (Lipinski definition) is 6. The molecule has 0 saturated heterocycles. The van der Waals surface area contributed by atoms with Crippen LogP contribution >= 0.6 is 0 Å². The normalized spacial score (nSPS) is 14.7. The summed E-state index contributed by atoms with van der Waals surface area (Å²) in [6, 6.07) is 8.60. The van der Waals surface area contributed by atoms with Gasteiger partial charge in [0, 0.05) is 5.56 Å². The minimum Gasteiger partial charge on any atom is -0.496 e. The highest BCUT2D eigenvalue weighted by atomic mass is 16.5. The lowest BCUT2D eigenvalue weighted by molar-refractivity contribution is 0.157. The van der Waals surface area contributed by atoms with Crippen LogP contribution in [0.3, 0.4) is 0 Å². The van der Waals surface area contributed by atoms with Gasteiger partial charge in [-0.05, 0) is 61.4 Å². The van der Waals surface area contributed by atoms with E-state index in [0.717, 1.165) is 5.56 Å². The molecule has 0 bridgehead atoms. The summed E-state index contributed by atoms with van der Waals surface area (Å²) in [6.45, 7) is 3.65. The zero-order chi connectivity index (χ0) is 21.7. The predicted molar refractivity (Wildman–Crippen MR) is 113 cm³/mol. The molecule has 1 aliphatic heterocycles. The molecule has 3 rings (SSSR count). The zero-order valence-electron chi connectivity index (χ0n) is 17.3. The Morgan fingerprint density at radius 3 is 2.57 bits per heavy atom. The van der Waals surface area contributed by atoms with Gasteiger partial charge in [-0.3, -0.25) is 0 Å². The van der Waals surface area contributed by atoms with Crippen molar-refractivity contribution in [2.45, 2.75) is 38.8 Å². The van der Waals surface area contributed by atoms with Crippen LogP contribution in [0.15, 0.2) is 36.4 Å². The molecule has 6 nitrogen and oxygen atoms in total. The Kier molecular flexibility index (Phi) is 6.68. The van der Waals surface area contributed by atoms with Crippen molar-refractivity contribution in [1.82, 2.24) is 0 Å². The summed E-state index contributed by atoms with van der Waals surface area (Å²) < 4.78 is 17.0. The second kappa shape index (κ2) is 9.23. The second-order valence-corrected chi connectivity index (χ2v) is 7.40. The Morgan fingerprint density at radius 1 is 1.10 bits per heavy atom. The van der Waals surface area contributed by atoms with Gasteiger partial charge in [-0.25, -0.2) is 0 Å². The smallest absolute Gasteiger partial charge is 0.149 e. The Bertz CT molecular complexity index is 997. The lowest BCUT2D eigenvalue weighted by Crippen LogP contribution is -2.27. The number of methoxy groups -OCH3 is 1. The highest BCUT2D eigenvalue weighted by molar-refractivity contribution is 5.69. The quantitative estimate of drug-likeness (QED) is 0.635. The molecule has 2 aromatic rings. The van der Waals surface area contributed by atoms with Crippen LogP contribution in [0.4, 0.5) is 0 Å². The third-order valence-corrected chi connectivity index (χ3v) is 4.78. The van der Waals surface area contributed by atoms with Crippen LogP contribution in [0.1, 0.15) is 42.2 Å². The number of aliphatic hydroxyl groups is 3. The standard InChI is InChI=1S/C24H26O6/c1-24(2)11-10-20-22(30-24)9-8-19(23(20)28-3)21(27)5-4-12-29-18-7-6-16(14-25)17(13-18)15-26/h6-11,13,21,25-27H,12,14-15H2,1-3H3. The van der Waals surface area contributed by atoms with Crippen molar-refractivity contribution >= 4 is 6.08 Å². The SMILES string of the molecule is COc1c(C(O)C#CCOc2ccc(CO)c(CO)c2)ccc2c1C=CC(C)(C)O2. The maximum atomic E-state index is 10.5. The van der Waals surface area contributed by atoms with E-state index in [-0.39, 0.29) is 19.8 Å². The van der Waals surface area contributed by atoms with E-state index < -0.39 is 11.7 Å². The number of fused-ring (bicyclic) bond motifs is 1. The van der Waals surface area contributed by atoms with E-state index in [0.29, 0.717) is 33.9 Å². The largest absolute Gasteiger partial charge is 0.496 e. The van der Waals surface area contributed by atoms with Gasteiger partial charge in [0.15, 0.2) is 0 Å². The average Bonchev–Trinajstić information content (AvgIpc) is 2.74. The number of ether oxygens (including phenoxy) is 3. The van der Waals surface area contributed by atoms with Gasteiger partial charge in [-0.2, -0.15) is 0 Å². The molecular weight excluding hydrogens is 384 g/mol.